The lowest BCUT2D eigenvalue weighted by molar-refractivity contribution is -0.143. The molecule has 1 atom stereocenters. The van der Waals surface area contributed by atoms with Gasteiger partial charge in [-0.1, -0.05) is 30.3 Å². The number of carbonyl (C=O) groups excluding carboxylic acids is 3. The van der Waals surface area contributed by atoms with Gasteiger partial charge in [0.25, 0.3) is 5.91 Å². The quantitative estimate of drug-likeness (QED) is 0.416. The molecule has 0 saturated heterocycles. The number of rotatable bonds is 6. The summed E-state index contributed by atoms with van der Waals surface area (Å²) in [6.07, 6.45) is -12.5. The number of halogens is 6. The van der Waals surface area contributed by atoms with Gasteiger partial charge in [0.15, 0.2) is 0 Å². The number of hydrogen-bond acceptors (Lipinski definition) is 4. The first kappa shape index (κ1) is 29.3. The number of aliphatic imine (C=N–C) groups is 1. The van der Waals surface area contributed by atoms with Crippen LogP contribution in [0.5, 0.6) is 0 Å². The van der Waals surface area contributed by atoms with Crippen LogP contribution in [0.3, 0.4) is 0 Å². The predicted octanol–water partition coefficient (Wildman–Crippen LogP) is 4.71. The molecule has 0 aliphatic carbocycles. The number of benzene rings is 3. The Balaban J connectivity index is 1.62. The number of benzodiazepines with no additional fused rings is 1. The molecule has 4 rings (SSSR count). The molecule has 3 amide bonds. The van der Waals surface area contributed by atoms with Crippen molar-refractivity contribution in [3.05, 3.63) is 100 Å². The number of likely N-dealkylation sites (N-methyl/N-ethyl adjacent to an activating group) is 1. The second-order valence-corrected chi connectivity index (χ2v) is 9.22. The fraction of sp³-hybridized carbons (Fsp3) is 0.214. The number of nitrogens with two attached hydrogens (primary N) is 1. The number of fused-ring (bicyclic) bond motifs is 1. The van der Waals surface area contributed by atoms with Crippen LogP contribution in [0.25, 0.3) is 0 Å². The van der Waals surface area contributed by atoms with Crippen LogP contribution in [0.4, 0.5) is 32.0 Å². The van der Waals surface area contributed by atoms with E-state index in [2.05, 4.69) is 10.3 Å². The van der Waals surface area contributed by atoms with Crippen LogP contribution in [-0.2, 0) is 28.4 Å². The van der Waals surface area contributed by atoms with Crippen molar-refractivity contribution in [2.75, 3.05) is 11.9 Å². The van der Waals surface area contributed by atoms with Gasteiger partial charge in [-0.15, -0.1) is 0 Å². The van der Waals surface area contributed by atoms with Crippen molar-refractivity contribution in [2.24, 2.45) is 10.7 Å². The van der Waals surface area contributed by atoms with Crippen molar-refractivity contribution in [1.82, 2.24) is 5.32 Å². The Bertz CT molecular complexity index is 1500. The van der Waals surface area contributed by atoms with Gasteiger partial charge < -0.3 is 16.0 Å². The average molecular weight is 576 g/mol. The molecule has 0 radical (unpaired) electrons. The Morgan fingerprint density at radius 3 is 2.07 bits per heavy atom. The lowest BCUT2D eigenvalue weighted by atomic mass is 9.99. The van der Waals surface area contributed by atoms with E-state index in [1.54, 1.807) is 36.4 Å². The van der Waals surface area contributed by atoms with Gasteiger partial charge in [-0.3, -0.25) is 14.4 Å². The van der Waals surface area contributed by atoms with Crippen LogP contribution in [0, 0.1) is 0 Å². The fourth-order valence-electron chi connectivity index (χ4n) is 4.28. The van der Waals surface area contributed by atoms with Crippen LogP contribution in [0.15, 0.2) is 71.7 Å². The monoisotopic (exact) mass is 576 g/mol. The highest BCUT2D eigenvalue weighted by atomic mass is 19.4. The number of nitrogens with zero attached hydrogens (tertiary/aromatic N) is 2. The van der Waals surface area contributed by atoms with E-state index in [0.717, 1.165) is 0 Å². The summed E-state index contributed by atoms with van der Waals surface area (Å²) >= 11 is 0. The molecule has 1 aliphatic heterocycles. The van der Waals surface area contributed by atoms with Crippen molar-refractivity contribution in [1.29, 1.82) is 0 Å². The lowest BCUT2D eigenvalue weighted by Gasteiger charge is -2.21. The molecule has 0 fully saturated rings. The number of primary amides is 1. The minimum atomic E-state index is -5.02. The third-order valence-electron chi connectivity index (χ3n) is 6.37. The van der Waals surface area contributed by atoms with E-state index < -0.39 is 60.2 Å². The molecule has 0 bridgehead atoms. The Kier molecular flexibility index (Phi) is 7.91. The summed E-state index contributed by atoms with van der Waals surface area (Å²) in [7, 11) is 1.47. The standard InChI is InChI=1S/C28H22F6N4O3/c1-38-21-5-3-2-4-20(21)23(16-7-9-17(10-8-16)24(35)40)37-25(26(38)41)36-22(39)11-6-15-12-18(27(29,30)31)14-19(13-15)28(32,33)34/h2-5,7-10,12-14,25H,6,11H2,1H3,(H2,35,40)(H,36,39). The van der Waals surface area contributed by atoms with Crippen LogP contribution >= 0.6 is 0 Å². The molecule has 0 aromatic heterocycles. The van der Waals surface area contributed by atoms with Crippen molar-refractivity contribution >= 4 is 29.1 Å². The zero-order chi connectivity index (χ0) is 30.1. The smallest absolute Gasteiger partial charge is 0.366 e. The molecule has 13 heteroatoms. The van der Waals surface area contributed by atoms with Crippen molar-refractivity contribution in [3.63, 3.8) is 0 Å². The Morgan fingerprint density at radius 1 is 0.927 bits per heavy atom. The molecule has 3 aromatic rings. The summed E-state index contributed by atoms with van der Waals surface area (Å²) in [4.78, 5) is 43.3. The molecule has 41 heavy (non-hydrogen) atoms. The third kappa shape index (κ3) is 6.56. The molecule has 1 heterocycles. The number of aryl methyl sites for hydroxylation is 1. The molecule has 214 valence electrons. The molecule has 7 nitrogen and oxygen atoms in total. The van der Waals surface area contributed by atoms with Gasteiger partial charge in [0.2, 0.25) is 18.0 Å². The number of alkyl halides is 6. The van der Waals surface area contributed by atoms with Crippen LogP contribution in [-0.4, -0.2) is 36.6 Å². The number of carbonyl (C=O) groups is 3. The molecule has 0 spiro atoms. The highest BCUT2D eigenvalue weighted by molar-refractivity contribution is 6.20. The van der Waals surface area contributed by atoms with Crippen LogP contribution < -0.4 is 16.0 Å². The minimum Gasteiger partial charge on any atom is -0.366 e. The lowest BCUT2D eigenvalue weighted by Crippen LogP contribution is -2.46. The maximum absolute atomic E-state index is 13.2. The first-order chi connectivity index (χ1) is 19.1. The minimum absolute atomic E-state index is 0.00742. The summed E-state index contributed by atoms with van der Waals surface area (Å²) in [5, 5.41) is 2.43. The Hall–Kier alpha value is -4.68. The van der Waals surface area contributed by atoms with Crippen molar-refractivity contribution < 1.29 is 40.7 Å². The SMILES string of the molecule is CN1C(=O)C(NC(=O)CCc2cc(C(F)(F)F)cc(C(F)(F)F)c2)N=C(c2ccc(C(N)=O)cc2)c2ccccc21. The summed E-state index contributed by atoms with van der Waals surface area (Å²) in [5.74, 6) is -2.10. The largest absolute Gasteiger partial charge is 0.416 e. The van der Waals surface area contributed by atoms with Gasteiger partial charge in [0.1, 0.15) is 0 Å². The maximum Gasteiger partial charge on any atom is 0.416 e. The van der Waals surface area contributed by atoms with E-state index in [-0.39, 0.29) is 17.2 Å². The van der Waals surface area contributed by atoms with E-state index in [1.165, 1.54) is 24.1 Å². The first-order valence-electron chi connectivity index (χ1n) is 12.1. The summed E-state index contributed by atoms with van der Waals surface area (Å²) in [6, 6.07) is 14.0. The predicted molar refractivity (Wildman–Crippen MR) is 137 cm³/mol. The second-order valence-electron chi connectivity index (χ2n) is 9.22. The Morgan fingerprint density at radius 2 is 1.51 bits per heavy atom. The van der Waals surface area contributed by atoms with E-state index in [1.807, 2.05) is 0 Å². The maximum atomic E-state index is 13.2. The first-order valence-corrected chi connectivity index (χ1v) is 12.1. The van der Waals surface area contributed by atoms with E-state index >= 15 is 0 Å². The van der Waals surface area contributed by atoms with Gasteiger partial charge >= 0.3 is 12.4 Å². The number of amides is 3. The molecule has 3 N–H and O–H groups in total. The summed E-state index contributed by atoms with van der Waals surface area (Å²) in [6.45, 7) is 0. The molecule has 1 aliphatic rings. The summed E-state index contributed by atoms with van der Waals surface area (Å²) in [5.41, 5.74) is 4.01. The van der Waals surface area contributed by atoms with Crippen LogP contribution in [0.1, 0.15) is 44.6 Å². The number of anilines is 1. The average Bonchev–Trinajstić information content (AvgIpc) is 3.01. The topological polar surface area (TPSA) is 105 Å². The van der Waals surface area contributed by atoms with Gasteiger partial charge in [0.05, 0.1) is 22.5 Å². The van der Waals surface area contributed by atoms with Gasteiger partial charge in [-0.25, -0.2) is 4.99 Å². The van der Waals surface area contributed by atoms with Crippen molar-refractivity contribution in [2.45, 2.75) is 31.4 Å². The van der Waals surface area contributed by atoms with Gasteiger partial charge in [0, 0.05) is 30.2 Å². The van der Waals surface area contributed by atoms with Gasteiger partial charge in [-0.05, 0) is 48.4 Å². The number of hydrogen-bond donors (Lipinski definition) is 2. The van der Waals surface area contributed by atoms with E-state index in [9.17, 15) is 40.7 Å². The van der Waals surface area contributed by atoms with E-state index in [0.29, 0.717) is 34.7 Å². The second kappa shape index (κ2) is 11.1. The molecule has 0 saturated carbocycles. The fourth-order valence-corrected chi connectivity index (χ4v) is 4.28. The zero-order valence-electron chi connectivity index (χ0n) is 21.3. The highest BCUT2D eigenvalue weighted by Gasteiger charge is 2.37. The third-order valence-corrected chi connectivity index (χ3v) is 6.37. The van der Waals surface area contributed by atoms with Crippen LogP contribution in [0.2, 0.25) is 0 Å². The molecule has 1 unspecified atom stereocenters. The highest BCUT2D eigenvalue weighted by Crippen LogP contribution is 2.36. The Labute approximate surface area is 229 Å². The molecule has 3 aromatic carbocycles. The zero-order valence-corrected chi connectivity index (χ0v) is 21.3. The normalized spacial score (nSPS) is 15.6. The van der Waals surface area contributed by atoms with E-state index in [4.69, 9.17) is 5.73 Å². The summed E-state index contributed by atoms with van der Waals surface area (Å²) < 4.78 is 79.1. The molecular formula is C28H22F6N4O3. The number of nitrogens with one attached hydrogen (secondary N) is 1. The van der Waals surface area contributed by atoms with Crippen molar-refractivity contribution in [3.8, 4) is 0 Å². The number of para-hydroxylation sites is 1. The van der Waals surface area contributed by atoms with Gasteiger partial charge in [-0.2, -0.15) is 26.3 Å². The molecular weight excluding hydrogens is 554 g/mol.